The molecule has 0 atom stereocenters. The summed E-state index contributed by atoms with van der Waals surface area (Å²) < 4.78 is 5.16. The van der Waals surface area contributed by atoms with E-state index in [2.05, 4.69) is 10.6 Å². The second kappa shape index (κ2) is 9.96. The molecule has 0 spiro atoms. The molecule has 0 bridgehead atoms. The van der Waals surface area contributed by atoms with Crippen LogP contribution in [0.4, 0.5) is 5.69 Å². The van der Waals surface area contributed by atoms with Crippen LogP contribution in [0.15, 0.2) is 70.9 Å². The summed E-state index contributed by atoms with van der Waals surface area (Å²) in [5.74, 6) is 0.585. The number of thiophene rings is 1. The Morgan fingerprint density at radius 1 is 1.07 bits per heavy atom. The SMILES string of the molecule is COc1cccc(NC(=O)CSc2ccccc2C(=O)NCc2cccs2)c1. The van der Waals surface area contributed by atoms with Gasteiger partial charge in [0.25, 0.3) is 5.91 Å². The van der Waals surface area contributed by atoms with Gasteiger partial charge < -0.3 is 15.4 Å². The minimum absolute atomic E-state index is 0.146. The fourth-order valence-electron chi connectivity index (χ4n) is 2.50. The Morgan fingerprint density at radius 2 is 1.93 bits per heavy atom. The summed E-state index contributed by atoms with van der Waals surface area (Å²) in [6.45, 7) is 0.492. The van der Waals surface area contributed by atoms with Crippen molar-refractivity contribution in [1.29, 1.82) is 0 Å². The van der Waals surface area contributed by atoms with E-state index >= 15 is 0 Å². The number of anilines is 1. The summed E-state index contributed by atoms with van der Waals surface area (Å²) in [4.78, 5) is 26.7. The first-order chi connectivity index (χ1) is 13.7. The molecule has 2 amide bonds. The molecular weight excluding hydrogens is 392 g/mol. The van der Waals surface area contributed by atoms with E-state index in [0.717, 1.165) is 9.77 Å². The Kier molecular flexibility index (Phi) is 7.11. The van der Waals surface area contributed by atoms with E-state index in [1.165, 1.54) is 11.8 Å². The van der Waals surface area contributed by atoms with Crippen LogP contribution in [0.5, 0.6) is 5.75 Å². The van der Waals surface area contributed by atoms with Gasteiger partial charge in [-0.3, -0.25) is 9.59 Å². The largest absolute Gasteiger partial charge is 0.497 e. The first-order valence-corrected chi connectivity index (χ1v) is 10.5. The van der Waals surface area contributed by atoms with Gasteiger partial charge in [0, 0.05) is 21.5 Å². The van der Waals surface area contributed by atoms with Gasteiger partial charge in [-0.05, 0) is 35.7 Å². The van der Waals surface area contributed by atoms with Crippen molar-refractivity contribution in [3.63, 3.8) is 0 Å². The van der Waals surface area contributed by atoms with Crippen molar-refractivity contribution in [3.8, 4) is 5.75 Å². The van der Waals surface area contributed by atoms with E-state index in [-0.39, 0.29) is 17.6 Å². The molecule has 0 fully saturated rings. The minimum Gasteiger partial charge on any atom is -0.497 e. The van der Waals surface area contributed by atoms with Crippen LogP contribution in [0.3, 0.4) is 0 Å². The molecule has 28 heavy (non-hydrogen) atoms. The lowest BCUT2D eigenvalue weighted by Gasteiger charge is -2.10. The molecule has 2 N–H and O–H groups in total. The maximum Gasteiger partial charge on any atom is 0.252 e. The Bertz CT molecular complexity index is 942. The minimum atomic E-state index is -0.148. The Hall–Kier alpha value is -2.77. The smallest absolute Gasteiger partial charge is 0.252 e. The number of ether oxygens (including phenoxy) is 1. The van der Waals surface area contributed by atoms with Crippen molar-refractivity contribution in [2.75, 3.05) is 18.2 Å². The third-order valence-corrected chi connectivity index (χ3v) is 5.80. The zero-order valence-electron chi connectivity index (χ0n) is 15.3. The summed E-state index contributed by atoms with van der Waals surface area (Å²) in [6.07, 6.45) is 0. The van der Waals surface area contributed by atoms with Gasteiger partial charge in [-0.1, -0.05) is 24.3 Å². The molecule has 0 unspecified atom stereocenters. The molecule has 1 aromatic heterocycles. The number of rotatable bonds is 8. The lowest BCUT2D eigenvalue weighted by Crippen LogP contribution is -2.23. The maximum absolute atomic E-state index is 12.5. The number of thioether (sulfide) groups is 1. The topological polar surface area (TPSA) is 67.4 Å². The molecule has 2 aromatic carbocycles. The average Bonchev–Trinajstić information content (AvgIpc) is 3.24. The van der Waals surface area contributed by atoms with Crippen LogP contribution in [0.1, 0.15) is 15.2 Å². The molecule has 3 aromatic rings. The van der Waals surface area contributed by atoms with Crippen LogP contribution in [0.25, 0.3) is 0 Å². The van der Waals surface area contributed by atoms with Crippen LogP contribution >= 0.6 is 23.1 Å². The number of methoxy groups -OCH3 is 1. The highest BCUT2D eigenvalue weighted by Crippen LogP contribution is 2.24. The molecule has 0 saturated carbocycles. The first kappa shape index (κ1) is 20.0. The molecule has 5 nitrogen and oxygen atoms in total. The summed E-state index contributed by atoms with van der Waals surface area (Å²) in [5, 5.41) is 7.74. The Labute approximate surface area is 172 Å². The average molecular weight is 413 g/mol. The van der Waals surface area contributed by atoms with Crippen molar-refractivity contribution < 1.29 is 14.3 Å². The van der Waals surface area contributed by atoms with E-state index in [1.807, 2.05) is 47.8 Å². The number of hydrogen-bond acceptors (Lipinski definition) is 5. The van der Waals surface area contributed by atoms with Gasteiger partial charge >= 0.3 is 0 Å². The second-order valence-electron chi connectivity index (χ2n) is 5.83. The molecule has 1 heterocycles. The number of amides is 2. The van der Waals surface area contributed by atoms with E-state index in [0.29, 0.717) is 23.5 Å². The second-order valence-corrected chi connectivity index (χ2v) is 7.88. The number of carbonyl (C=O) groups is 2. The van der Waals surface area contributed by atoms with E-state index in [1.54, 1.807) is 36.6 Å². The van der Waals surface area contributed by atoms with E-state index in [9.17, 15) is 9.59 Å². The summed E-state index contributed by atoms with van der Waals surface area (Å²) >= 11 is 2.93. The normalized spacial score (nSPS) is 10.3. The predicted molar refractivity (Wildman–Crippen MR) is 114 cm³/mol. The third-order valence-electron chi connectivity index (χ3n) is 3.85. The molecule has 0 aliphatic rings. The summed E-state index contributed by atoms with van der Waals surface area (Å²) in [5.41, 5.74) is 1.24. The van der Waals surface area contributed by atoms with Gasteiger partial charge in [-0.25, -0.2) is 0 Å². The molecule has 0 radical (unpaired) electrons. The van der Waals surface area contributed by atoms with Crippen LogP contribution in [-0.2, 0) is 11.3 Å². The van der Waals surface area contributed by atoms with Crippen molar-refractivity contribution in [2.24, 2.45) is 0 Å². The fraction of sp³-hybridized carbons (Fsp3) is 0.143. The predicted octanol–water partition coefficient (Wildman–Crippen LogP) is 4.42. The highest BCUT2D eigenvalue weighted by atomic mass is 32.2. The molecule has 144 valence electrons. The standard InChI is InChI=1S/C21H20N2O3S2/c1-26-16-7-4-6-15(12-16)23-20(24)14-28-19-10-3-2-9-18(19)21(25)22-13-17-8-5-11-27-17/h2-12H,13-14H2,1H3,(H,22,25)(H,23,24). The number of hydrogen-bond donors (Lipinski definition) is 2. The van der Waals surface area contributed by atoms with Gasteiger partial charge in [-0.15, -0.1) is 23.1 Å². The van der Waals surface area contributed by atoms with Crippen LogP contribution in [-0.4, -0.2) is 24.7 Å². The Balaban J connectivity index is 1.58. The molecular formula is C21H20N2O3S2. The van der Waals surface area contributed by atoms with E-state index in [4.69, 9.17) is 4.74 Å². The van der Waals surface area contributed by atoms with Crippen LogP contribution < -0.4 is 15.4 Å². The number of carbonyl (C=O) groups excluding carboxylic acids is 2. The van der Waals surface area contributed by atoms with Crippen molar-refractivity contribution in [1.82, 2.24) is 5.32 Å². The molecule has 0 saturated heterocycles. The zero-order chi connectivity index (χ0) is 19.8. The Morgan fingerprint density at radius 3 is 2.71 bits per heavy atom. The lowest BCUT2D eigenvalue weighted by atomic mass is 10.2. The summed E-state index contributed by atoms with van der Waals surface area (Å²) in [6, 6.07) is 18.4. The molecule has 3 rings (SSSR count). The fourth-order valence-corrected chi connectivity index (χ4v) is 3.99. The number of benzene rings is 2. The quantitative estimate of drug-likeness (QED) is 0.538. The first-order valence-electron chi connectivity index (χ1n) is 8.62. The van der Waals surface area contributed by atoms with Crippen molar-refractivity contribution in [3.05, 3.63) is 76.5 Å². The van der Waals surface area contributed by atoms with Crippen LogP contribution in [0, 0.1) is 0 Å². The lowest BCUT2D eigenvalue weighted by molar-refractivity contribution is -0.113. The van der Waals surface area contributed by atoms with Gasteiger partial charge in [0.2, 0.25) is 5.91 Å². The molecule has 0 aliphatic carbocycles. The number of nitrogens with one attached hydrogen (secondary N) is 2. The maximum atomic E-state index is 12.5. The highest BCUT2D eigenvalue weighted by Gasteiger charge is 2.13. The molecule has 7 heteroatoms. The monoisotopic (exact) mass is 412 g/mol. The molecule has 0 aliphatic heterocycles. The van der Waals surface area contributed by atoms with Crippen molar-refractivity contribution in [2.45, 2.75) is 11.4 Å². The summed E-state index contributed by atoms with van der Waals surface area (Å²) in [7, 11) is 1.58. The van der Waals surface area contributed by atoms with Gasteiger partial charge in [0.05, 0.1) is 25.0 Å². The highest BCUT2D eigenvalue weighted by molar-refractivity contribution is 8.00. The third kappa shape index (κ3) is 5.61. The zero-order valence-corrected chi connectivity index (χ0v) is 16.9. The van der Waals surface area contributed by atoms with Crippen LogP contribution in [0.2, 0.25) is 0 Å². The van der Waals surface area contributed by atoms with Crippen molar-refractivity contribution >= 4 is 40.6 Å². The van der Waals surface area contributed by atoms with E-state index < -0.39 is 0 Å². The van der Waals surface area contributed by atoms with Gasteiger partial charge in [0.15, 0.2) is 0 Å². The van der Waals surface area contributed by atoms with Gasteiger partial charge in [-0.2, -0.15) is 0 Å². The van der Waals surface area contributed by atoms with Gasteiger partial charge in [0.1, 0.15) is 5.75 Å².